The van der Waals surface area contributed by atoms with Gasteiger partial charge in [0.2, 0.25) is 0 Å². The second-order valence-corrected chi connectivity index (χ2v) is 7.04. The van der Waals surface area contributed by atoms with E-state index >= 15 is 0 Å². The SMILES string of the molecule is CC1CCN(C(=O)c2ccc(NC(=O)Nc3ccccc3)cc2)C(CN)C1.Cl. The van der Waals surface area contributed by atoms with Crippen molar-refractivity contribution in [1.29, 1.82) is 0 Å². The van der Waals surface area contributed by atoms with Crippen LogP contribution in [0, 0.1) is 5.92 Å². The number of carbonyl (C=O) groups is 2. The first-order valence-corrected chi connectivity index (χ1v) is 9.31. The third-order valence-corrected chi connectivity index (χ3v) is 4.93. The van der Waals surface area contributed by atoms with Crippen molar-refractivity contribution in [2.24, 2.45) is 11.7 Å². The first-order valence-electron chi connectivity index (χ1n) is 9.31. The molecule has 1 heterocycles. The largest absolute Gasteiger partial charge is 0.334 e. The summed E-state index contributed by atoms with van der Waals surface area (Å²) in [6, 6.07) is 15.9. The predicted octanol–water partition coefficient (Wildman–Crippen LogP) is 3.95. The summed E-state index contributed by atoms with van der Waals surface area (Å²) in [5.41, 5.74) is 7.82. The summed E-state index contributed by atoms with van der Waals surface area (Å²) < 4.78 is 0. The van der Waals surface area contributed by atoms with Crippen molar-refractivity contribution in [3.63, 3.8) is 0 Å². The lowest BCUT2D eigenvalue weighted by Gasteiger charge is -2.38. The van der Waals surface area contributed by atoms with Gasteiger partial charge in [0, 0.05) is 36.1 Å². The standard InChI is InChI=1S/C21H26N4O2.ClH/c1-15-11-12-25(19(13-15)14-22)20(26)16-7-9-18(10-8-16)24-21(27)23-17-5-3-2-4-6-17;/h2-10,15,19H,11-14,22H2,1H3,(H2,23,24,27);1H. The zero-order valence-electron chi connectivity index (χ0n) is 15.9. The van der Waals surface area contributed by atoms with Crippen molar-refractivity contribution in [2.75, 3.05) is 23.7 Å². The van der Waals surface area contributed by atoms with E-state index in [0.29, 0.717) is 29.4 Å². The number of urea groups is 1. The van der Waals surface area contributed by atoms with Crippen LogP contribution in [0.5, 0.6) is 0 Å². The van der Waals surface area contributed by atoms with E-state index in [9.17, 15) is 9.59 Å². The first-order chi connectivity index (χ1) is 13.1. The van der Waals surface area contributed by atoms with Gasteiger partial charge in [-0.15, -0.1) is 12.4 Å². The van der Waals surface area contributed by atoms with Crippen molar-refractivity contribution in [3.05, 3.63) is 60.2 Å². The molecule has 1 saturated heterocycles. The molecule has 2 aromatic carbocycles. The van der Waals surface area contributed by atoms with Crippen molar-refractivity contribution < 1.29 is 9.59 Å². The van der Waals surface area contributed by atoms with E-state index in [4.69, 9.17) is 5.73 Å². The fourth-order valence-electron chi connectivity index (χ4n) is 3.42. The molecule has 0 bridgehead atoms. The van der Waals surface area contributed by atoms with Crippen LogP contribution < -0.4 is 16.4 Å². The van der Waals surface area contributed by atoms with Crippen LogP contribution in [-0.4, -0.2) is 36.0 Å². The van der Waals surface area contributed by atoms with E-state index < -0.39 is 0 Å². The number of nitrogens with one attached hydrogen (secondary N) is 2. The maximum atomic E-state index is 12.8. The van der Waals surface area contributed by atoms with E-state index in [-0.39, 0.29) is 30.4 Å². The minimum absolute atomic E-state index is 0. The molecule has 0 aromatic heterocycles. The van der Waals surface area contributed by atoms with Crippen LogP contribution in [0.15, 0.2) is 54.6 Å². The normalized spacial score (nSPS) is 18.7. The second kappa shape index (κ2) is 10.1. The molecule has 1 aliphatic heterocycles. The Morgan fingerprint density at radius 3 is 2.25 bits per heavy atom. The number of piperidine rings is 1. The number of nitrogens with two attached hydrogens (primary N) is 1. The highest BCUT2D eigenvalue weighted by Gasteiger charge is 2.29. The first kappa shape index (κ1) is 21.7. The number of likely N-dealkylation sites (tertiary alicyclic amines) is 1. The smallest absolute Gasteiger partial charge is 0.323 e. The molecule has 4 N–H and O–H groups in total. The molecule has 0 aliphatic carbocycles. The molecule has 150 valence electrons. The molecule has 7 heteroatoms. The van der Waals surface area contributed by atoms with Gasteiger partial charge in [-0.1, -0.05) is 25.1 Å². The van der Waals surface area contributed by atoms with Gasteiger partial charge in [0.15, 0.2) is 0 Å². The molecule has 28 heavy (non-hydrogen) atoms. The zero-order valence-corrected chi connectivity index (χ0v) is 16.7. The molecule has 3 amide bonds. The highest BCUT2D eigenvalue weighted by Crippen LogP contribution is 2.24. The lowest BCUT2D eigenvalue weighted by atomic mass is 9.92. The molecule has 2 atom stereocenters. The van der Waals surface area contributed by atoms with Crippen molar-refractivity contribution in [2.45, 2.75) is 25.8 Å². The number of carbonyl (C=O) groups excluding carboxylic acids is 2. The summed E-state index contributed by atoms with van der Waals surface area (Å²) in [5, 5.41) is 5.52. The lowest BCUT2D eigenvalue weighted by molar-refractivity contribution is 0.0573. The number of nitrogens with zero attached hydrogens (tertiary/aromatic N) is 1. The molecule has 6 nitrogen and oxygen atoms in total. The van der Waals surface area contributed by atoms with Crippen LogP contribution in [0.3, 0.4) is 0 Å². The number of halogens is 1. The van der Waals surface area contributed by atoms with E-state index in [1.807, 2.05) is 35.2 Å². The highest BCUT2D eigenvalue weighted by molar-refractivity contribution is 6.00. The molecule has 1 fully saturated rings. The second-order valence-electron chi connectivity index (χ2n) is 7.04. The summed E-state index contributed by atoms with van der Waals surface area (Å²) in [6.45, 7) is 3.42. The summed E-state index contributed by atoms with van der Waals surface area (Å²) in [6.07, 6.45) is 1.95. The number of para-hydroxylation sites is 1. The van der Waals surface area contributed by atoms with Gasteiger partial charge in [0.05, 0.1) is 0 Å². The number of hydrogen-bond acceptors (Lipinski definition) is 3. The van der Waals surface area contributed by atoms with Gasteiger partial charge in [-0.3, -0.25) is 4.79 Å². The van der Waals surface area contributed by atoms with E-state index in [1.165, 1.54) is 0 Å². The Hall–Kier alpha value is -2.57. The maximum Gasteiger partial charge on any atom is 0.323 e. The Kier molecular flexibility index (Phi) is 7.84. The quantitative estimate of drug-likeness (QED) is 0.723. The number of amides is 3. The molecule has 3 rings (SSSR count). The molecule has 0 saturated carbocycles. The van der Waals surface area contributed by atoms with Gasteiger partial charge >= 0.3 is 6.03 Å². The van der Waals surface area contributed by atoms with Gasteiger partial charge in [0.1, 0.15) is 0 Å². The van der Waals surface area contributed by atoms with Gasteiger partial charge < -0.3 is 21.3 Å². The minimum Gasteiger partial charge on any atom is -0.334 e. The van der Waals surface area contributed by atoms with Gasteiger partial charge in [-0.2, -0.15) is 0 Å². The molecular weight excluding hydrogens is 376 g/mol. The van der Waals surface area contributed by atoms with Crippen LogP contribution in [0.2, 0.25) is 0 Å². The van der Waals surface area contributed by atoms with Gasteiger partial charge in [0.25, 0.3) is 5.91 Å². The maximum absolute atomic E-state index is 12.8. The van der Waals surface area contributed by atoms with Crippen LogP contribution in [0.1, 0.15) is 30.1 Å². The number of anilines is 2. The van der Waals surface area contributed by atoms with Gasteiger partial charge in [-0.05, 0) is 55.2 Å². The molecule has 0 radical (unpaired) electrons. The summed E-state index contributed by atoms with van der Waals surface area (Å²) in [4.78, 5) is 26.7. The Labute approximate surface area is 171 Å². The minimum atomic E-state index is -0.325. The van der Waals surface area contributed by atoms with Crippen LogP contribution in [-0.2, 0) is 0 Å². The Morgan fingerprint density at radius 1 is 1.04 bits per heavy atom. The third kappa shape index (κ3) is 5.47. The van der Waals surface area contributed by atoms with E-state index in [0.717, 1.165) is 19.4 Å². The molecule has 1 aliphatic rings. The van der Waals surface area contributed by atoms with Crippen molar-refractivity contribution in [3.8, 4) is 0 Å². The molecule has 0 spiro atoms. The van der Waals surface area contributed by atoms with Crippen molar-refractivity contribution >= 4 is 35.7 Å². The Bertz CT molecular complexity index is 783. The number of rotatable bonds is 4. The third-order valence-electron chi connectivity index (χ3n) is 4.93. The van der Waals surface area contributed by atoms with E-state index in [2.05, 4.69) is 17.6 Å². The molecule has 2 unspecified atom stereocenters. The zero-order chi connectivity index (χ0) is 19.2. The van der Waals surface area contributed by atoms with Crippen LogP contribution in [0.25, 0.3) is 0 Å². The number of benzene rings is 2. The van der Waals surface area contributed by atoms with Crippen LogP contribution in [0.4, 0.5) is 16.2 Å². The molecular formula is C21H27ClN4O2. The Balaban J connectivity index is 0.00000280. The van der Waals surface area contributed by atoms with E-state index in [1.54, 1.807) is 24.3 Å². The summed E-state index contributed by atoms with van der Waals surface area (Å²) in [5.74, 6) is 0.593. The van der Waals surface area contributed by atoms with Gasteiger partial charge in [-0.25, -0.2) is 4.79 Å². The highest BCUT2D eigenvalue weighted by atomic mass is 35.5. The van der Waals surface area contributed by atoms with Crippen LogP contribution >= 0.6 is 12.4 Å². The lowest BCUT2D eigenvalue weighted by Crippen LogP contribution is -2.49. The summed E-state index contributed by atoms with van der Waals surface area (Å²) in [7, 11) is 0. The topological polar surface area (TPSA) is 87.5 Å². The monoisotopic (exact) mass is 402 g/mol. The average Bonchev–Trinajstić information content (AvgIpc) is 2.68. The molecule has 2 aromatic rings. The van der Waals surface area contributed by atoms with Crippen molar-refractivity contribution in [1.82, 2.24) is 4.90 Å². The summed E-state index contributed by atoms with van der Waals surface area (Å²) >= 11 is 0. The average molecular weight is 403 g/mol. The predicted molar refractivity (Wildman–Crippen MR) is 115 cm³/mol. The fraction of sp³-hybridized carbons (Fsp3) is 0.333. The fourth-order valence-corrected chi connectivity index (χ4v) is 3.42. The number of hydrogen-bond donors (Lipinski definition) is 3. The Morgan fingerprint density at radius 2 is 1.64 bits per heavy atom.